The van der Waals surface area contributed by atoms with Crippen molar-refractivity contribution >= 4 is 6.09 Å². The number of ether oxygens (including phenoxy) is 1. The first-order valence-corrected chi connectivity index (χ1v) is 2.48. The number of furan rings is 1. The molecule has 1 amide bonds. The van der Waals surface area contributed by atoms with Gasteiger partial charge < -0.3 is 9.15 Å². The molecule has 1 rings (SSSR count). The summed E-state index contributed by atoms with van der Waals surface area (Å²) < 4.78 is 8.95. The lowest BCUT2D eigenvalue weighted by Gasteiger charge is -1.95. The molecule has 0 saturated carbocycles. The van der Waals surface area contributed by atoms with Crippen molar-refractivity contribution < 1.29 is 19.2 Å². The maximum Gasteiger partial charge on any atom is 0.438 e. The first kappa shape index (κ1) is 6.63. The van der Waals surface area contributed by atoms with Gasteiger partial charge in [-0.3, -0.25) is 5.21 Å². The average Bonchev–Trinajstić information content (AvgIpc) is 2.40. The Bertz CT molecular complexity index is 205. The summed E-state index contributed by atoms with van der Waals surface area (Å²) in [5.41, 5.74) is 1.28. The van der Waals surface area contributed by atoms with Crippen LogP contribution >= 0.6 is 0 Å². The number of nitrogens with one attached hydrogen (secondary N) is 1. The second-order valence-corrected chi connectivity index (χ2v) is 1.43. The first-order valence-electron chi connectivity index (χ1n) is 2.48. The molecule has 0 aliphatic rings. The van der Waals surface area contributed by atoms with Crippen LogP contribution in [0.5, 0.6) is 5.95 Å². The molecule has 0 spiro atoms. The average molecular weight is 143 g/mol. The van der Waals surface area contributed by atoms with Gasteiger partial charge in [0.2, 0.25) is 0 Å². The largest absolute Gasteiger partial charge is 0.438 e. The number of amides is 1. The highest BCUT2D eigenvalue weighted by molar-refractivity contribution is 5.67. The van der Waals surface area contributed by atoms with Crippen LogP contribution in [0.3, 0.4) is 0 Å². The topological polar surface area (TPSA) is 71.7 Å². The molecule has 1 aromatic rings. The van der Waals surface area contributed by atoms with Crippen LogP contribution in [0.15, 0.2) is 22.8 Å². The number of hydrogen-bond donors (Lipinski definition) is 2. The van der Waals surface area contributed by atoms with Crippen LogP contribution in [0.4, 0.5) is 4.79 Å². The van der Waals surface area contributed by atoms with Crippen LogP contribution in [-0.2, 0) is 0 Å². The molecule has 0 aromatic carbocycles. The summed E-state index contributed by atoms with van der Waals surface area (Å²) in [6.45, 7) is 0. The van der Waals surface area contributed by atoms with Gasteiger partial charge in [0, 0.05) is 6.07 Å². The van der Waals surface area contributed by atoms with E-state index < -0.39 is 6.09 Å². The highest BCUT2D eigenvalue weighted by atomic mass is 16.7. The second kappa shape index (κ2) is 2.88. The lowest BCUT2D eigenvalue weighted by molar-refractivity contribution is 0.120. The van der Waals surface area contributed by atoms with Crippen molar-refractivity contribution in [2.24, 2.45) is 0 Å². The molecule has 0 unspecified atom stereocenters. The Morgan fingerprint density at radius 1 is 1.80 bits per heavy atom. The number of carbonyl (C=O) groups is 1. The minimum absolute atomic E-state index is 0.0338. The Morgan fingerprint density at radius 3 is 3.10 bits per heavy atom. The number of hydroxylamine groups is 1. The third-order valence-corrected chi connectivity index (χ3v) is 0.780. The Labute approximate surface area is 56.2 Å². The fraction of sp³-hybridized carbons (Fsp3) is 0. The summed E-state index contributed by atoms with van der Waals surface area (Å²) in [6.07, 6.45) is 0.370. The maximum absolute atomic E-state index is 10.2. The third-order valence-electron chi connectivity index (χ3n) is 0.780. The van der Waals surface area contributed by atoms with E-state index in [1.807, 2.05) is 0 Å². The zero-order valence-corrected chi connectivity index (χ0v) is 4.90. The normalized spacial score (nSPS) is 8.90. The molecule has 5 nitrogen and oxygen atoms in total. The van der Waals surface area contributed by atoms with E-state index in [2.05, 4.69) is 9.15 Å². The van der Waals surface area contributed by atoms with Gasteiger partial charge >= 0.3 is 6.09 Å². The summed E-state index contributed by atoms with van der Waals surface area (Å²) in [6, 6.07) is 3.00. The van der Waals surface area contributed by atoms with Crippen molar-refractivity contribution in [3.05, 3.63) is 18.4 Å². The van der Waals surface area contributed by atoms with Gasteiger partial charge in [0.1, 0.15) is 0 Å². The molecule has 0 bridgehead atoms. The molecule has 0 fully saturated rings. The van der Waals surface area contributed by atoms with Crippen molar-refractivity contribution in [1.29, 1.82) is 0 Å². The molecule has 0 radical (unpaired) electrons. The minimum Gasteiger partial charge on any atom is -0.434 e. The van der Waals surface area contributed by atoms with Crippen molar-refractivity contribution in [2.75, 3.05) is 0 Å². The first-order chi connectivity index (χ1) is 4.83. The quantitative estimate of drug-likeness (QED) is 0.449. The fourth-order valence-corrected chi connectivity index (χ4v) is 0.436. The van der Waals surface area contributed by atoms with E-state index in [9.17, 15) is 4.79 Å². The Kier molecular flexibility index (Phi) is 1.91. The lowest BCUT2D eigenvalue weighted by atomic mass is 10.7. The van der Waals surface area contributed by atoms with E-state index in [-0.39, 0.29) is 5.95 Å². The molecule has 5 heteroatoms. The van der Waals surface area contributed by atoms with Crippen LogP contribution < -0.4 is 10.2 Å². The molecule has 0 aliphatic carbocycles. The number of carbonyl (C=O) groups excluding carboxylic acids is 1. The molecule has 1 heterocycles. The van der Waals surface area contributed by atoms with E-state index in [0.717, 1.165) is 0 Å². The predicted octanol–water partition coefficient (Wildman–Crippen LogP) is 0.757. The molecule has 1 aromatic heterocycles. The van der Waals surface area contributed by atoms with Gasteiger partial charge in [0.05, 0.1) is 6.26 Å². The SMILES string of the molecule is O=C(NO)Oc1ccco1. The van der Waals surface area contributed by atoms with Crippen molar-refractivity contribution in [3.8, 4) is 5.95 Å². The predicted molar refractivity (Wildman–Crippen MR) is 29.7 cm³/mol. The van der Waals surface area contributed by atoms with Gasteiger partial charge in [-0.1, -0.05) is 0 Å². The second-order valence-electron chi connectivity index (χ2n) is 1.43. The van der Waals surface area contributed by atoms with Gasteiger partial charge in [-0.2, -0.15) is 0 Å². The van der Waals surface area contributed by atoms with Gasteiger partial charge in [-0.05, 0) is 6.07 Å². The van der Waals surface area contributed by atoms with E-state index in [1.54, 1.807) is 6.07 Å². The van der Waals surface area contributed by atoms with E-state index in [4.69, 9.17) is 5.21 Å². The lowest BCUT2D eigenvalue weighted by Crippen LogP contribution is -2.22. The summed E-state index contributed by atoms with van der Waals surface area (Å²) in [7, 11) is 0. The smallest absolute Gasteiger partial charge is 0.434 e. The van der Waals surface area contributed by atoms with Gasteiger partial charge in [-0.15, -0.1) is 0 Å². The molecular weight excluding hydrogens is 138 g/mol. The van der Waals surface area contributed by atoms with Crippen molar-refractivity contribution in [2.45, 2.75) is 0 Å². The zero-order chi connectivity index (χ0) is 7.40. The fourth-order valence-electron chi connectivity index (χ4n) is 0.436. The highest BCUT2D eigenvalue weighted by Gasteiger charge is 2.02. The number of hydrogen-bond acceptors (Lipinski definition) is 4. The summed E-state index contributed by atoms with van der Waals surface area (Å²) >= 11 is 0. The van der Waals surface area contributed by atoms with Crippen LogP contribution in [0.1, 0.15) is 0 Å². The molecule has 2 N–H and O–H groups in total. The van der Waals surface area contributed by atoms with Gasteiger partial charge in [0.15, 0.2) is 0 Å². The zero-order valence-electron chi connectivity index (χ0n) is 4.90. The Morgan fingerprint density at radius 2 is 2.60 bits per heavy atom. The standard InChI is InChI=1S/C5H5NO4/c7-5(6-8)10-4-2-1-3-9-4/h1-3,8H,(H,6,7). The molecule has 0 atom stereocenters. The van der Waals surface area contributed by atoms with Crippen LogP contribution in [-0.4, -0.2) is 11.3 Å². The monoisotopic (exact) mass is 143 g/mol. The number of rotatable bonds is 1. The summed E-state index contributed by atoms with van der Waals surface area (Å²) in [5, 5.41) is 7.97. The maximum atomic E-state index is 10.2. The Balaban J connectivity index is 2.48. The van der Waals surface area contributed by atoms with Crippen LogP contribution in [0.25, 0.3) is 0 Å². The highest BCUT2D eigenvalue weighted by Crippen LogP contribution is 2.09. The minimum atomic E-state index is -0.977. The molecule has 0 saturated heterocycles. The third kappa shape index (κ3) is 1.49. The molecule has 0 aliphatic heterocycles. The molecule has 54 valence electrons. The molecule has 10 heavy (non-hydrogen) atoms. The Hall–Kier alpha value is -1.49. The summed E-state index contributed by atoms with van der Waals surface area (Å²) in [4.78, 5) is 10.2. The van der Waals surface area contributed by atoms with E-state index >= 15 is 0 Å². The van der Waals surface area contributed by atoms with Gasteiger partial charge in [-0.25, -0.2) is 10.3 Å². The van der Waals surface area contributed by atoms with E-state index in [1.165, 1.54) is 17.8 Å². The van der Waals surface area contributed by atoms with Gasteiger partial charge in [0.25, 0.3) is 5.95 Å². The van der Waals surface area contributed by atoms with Crippen LogP contribution in [0, 0.1) is 0 Å². The van der Waals surface area contributed by atoms with Crippen molar-refractivity contribution in [3.63, 3.8) is 0 Å². The van der Waals surface area contributed by atoms with E-state index in [0.29, 0.717) is 0 Å². The van der Waals surface area contributed by atoms with Crippen molar-refractivity contribution in [1.82, 2.24) is 5.48 Å². The molecular formula is C5H5NO4. The van der Waals surface area contributed by atoms with Crippen LogP contribution in [0.2, 0.25) is 0 Å². The summed E-state index contributed by atoms with van der Waals surface area (Å²) in [5.74, 6) is 0.0338.